The van der Waals surface area contributed by atoms with Gasteiger partial charge in [-0.15, -0.1) is 5.10 Å². The van der Waals surface area contributed by atoms with Crippen LogP contribution < -0.4 is 16.2 Å². The molecule has 4 aromatic rings. The lowest BCUT2D eigenvalue weighted by Crippen LogP contribution is -2.15. The first kappa shape index (κ1) is 21.7. The minimum atomic E-state index is -0.679. The molecule has 12 heteroatoms. The van der Waals surface area contributed by atoms with Gasteiger partial charge in [-0.05, 0) is 48.2 Å². The van der Waals surface area contributed by atoms with Gasteiger partial charge in [0.15, 0.2) is 5.69 Å². The summed E-state index contributed by atoms with van der Waals surface area (Å²) < 4.78 is 0. The summed E-state index contributed by atoms with van der Waals surface area (Å²) in [5.41, 5.74) is 2.03. The van der Waals surface area contributed by atoms with E-state index in [2.05, 4.69) is 30.8 Å². The molecule has 166 valence electrons. The quantitative estimate of drug-likeness (QED) is 0.247. The zero-order chi connectivity index (χ0) is 23.5. The molecule has 0 saturated carbocycles. The van der Waals surface area contributed by atoms with Crippen LogP contribution in [-0.2, 0) is 0 Å². The lowest BCUT2D eigenvalue weighted by Gasteiger charge is -2.11. The minimum Gasteiger partial charge on any atom is -0.358 e. The molecule has 33 heavy (non-hydrogen) atoms. The molecule has 0 fully saturated rings. The number of nitro groups is 1. The molecule has 0 aliphatic rings. The molecule has 2 heterocycles. The molecular formula is C21H16ClN7O4. The number of amides is 1. The Morgan fingerprint density at radius 3 is 2.58 bits per heavy atom. The van der Waals surface area contributed by atoms with Gasteiger partial charge in [0.1, 0.15) is 0 Å². The fourth-order valence-corrected chi connectivity index (χ4v) is 3.13. The second-order valence-corrected chi connectivity index (χ2v) is 7.39. The molecule has 0 aliphatic heterocycles. The number of anilines is 3. The number of rotatable bonds is 6. The van der Waals surface area contributed by atoms with Gasteiger partial charge in [0.05, 0.1) is 11.8 Å². The normalized spacial score (nSPS) is 10.6. The van der Waals surface area contributed by atoms with Crippen LogP contribution in [0.2, 0.25) is 5.02 Å². The second kappa shape index (κ2) is 8.93. The van der Waals surface area contributed by atoms with Crippen LogP contribution in [0, 0.1) is 17.0 Å². The number of aromatic amines is 2. The van der Waals surface area contributed by atoms with Crippen LogP contribution in [-0.4, -0.2) is 31.0 Å². The summed E-state index contributed by atoms with van der Waals surface area (Å²) in [5.74, 6) is -0.781. The zero-order valence-electron chi connectivity index (χ0n) is 17.0. The van der Waals surface area contributed by atoms with Crippen molar-refractivity contribution >= 4 is 40.6 Å². The maximum Gasteiger partial charge on any atom is 0.343 e. The van der Waals surface area contributed by atoms with Crippen LogP contribution in [0.15, 0.2) is 59.4 Å². The van der Waals surface area contributed by atoms with E-state index in [0.717, 1.165) is 6.07 Å². The maximum absolute atomic E-state index is 12.5. The van der Waals surface area contributed by atoms with Gasteiger partial charge < -0.3 is 20.7 Å². The number of H-pyrrole nitrogens is 2. The molecule has 4 N–H and O–H groups in total. The number of carbonyl (C=O) groups excluding carboxylic acids is 1. The summed E-state index contributed by atoms with van der Waals surface area (Å²) in [4.78, 5) is 42.2. The molecule has 0 unspecified atom stereocenters. The van der Waals surface area contributed by atoms with Crippen LogP contribution in [0.5, 0.6) is 0 Å². The number of benzene rings is 2. The van der Waals surface area contributed by atoms with Gasteiger partial charge in [-0.25, -0.2) is 4.98 Å². The highest BCUT2D eigenvalue weighted by atomic mass is 35.5. The zero-order valence-corrected chi connectivity index (χ0v) is 17.8. The number of halogens is 1. The Labute approximate surface area is 191 Å². The molecule has 2 aromatic heterocycles. The summed E-state index contributed by atoms with van der Waals surface area (Å²) in [6.45, 7) is 1.64. The Bertz CT molecular complexity index is 1410. The highest BCUT2D eigenvalue weighted by molar-refractivity contribution is 6.30. The van der Waals surface area contributed by atoms with E-state index in [4.69, 9.17) is 11.6 Å². The number of nitrogens with one attached hydrogen (secondary N) is 4. The number of nitrogens with zero attached hydrogens (tertiary/aromatic N) is 3. The summed E-state index contributed by atoms with van der Waals surface area (Å²) in [6.07, 6.45) is 0. The largest absolute Gasteiger partial charge is 0.358 e. The Morgan fingerprint density at radius 1 is 1.12 bits per heavy atom. The summed E-state index contributed by atoms with van der Waals surface area (Å²) in [5, 5.41) is 22.8. The van der Waals surface area contributed by atoms with Gasteiger partial charge in [0, 0.05) is 27.5 Å². The van der Waals surface area contributed by atoms with E-state index in [9.17, 15) is 19.7 Å². The standard InChI is InChI=1S/C21H16ClN7O4/c1-11-18(25-21(26-19(11)30)24-14-7-5-13(22)6-8-14)12-3-2-4-15(9-12)23-20(31)16-10-17(28-27-16)29(32)33/h2-10H,1H3,(H,23,31)(H,27,28)(H2,24,25,26,30). The molecule has 0 radical (unpaired) electrons. The van der Waals surface area contributed by atoms with Gasteiger partial charge >= 0.3 is 5.82 Å². The van der Waals surface area contributed by atoms with E-state index >= 15 is 0 Å². The summed E-state index contributed by atoms with van der Waals surface area (Å²) in [6, 6.07) is 14.7. The van der Waals surface area contributed by atoms with E-state index in [1.165, 1.54) is 0 Å². The predicted octanol–water partition coefficient (Wildman–Crippen LogP) is 4.03. The number of carbonyl (C=O) groups is 1. The molecule has 0 bridgehead atoms. The third kappa shape index (κ3) is 4.88. The summed E-state index contributed by atoms with van der Waals surface area (Å²) >= 11 is 5.90. The highest BCUT2D eigenvalue weighted by Crippen LogP contribution is 2.25. The molecule has 0 spiro atoms. The van der Waals surface area contributed by atoms with Gasteiger partial charge in [-0.3, -0.25) is 14.6 Å². The van der Waals surface area contributed by atoms with Crippen molar-refractivity contribution in [2.45, 2.75) is 6.92 Å². The van der Waals surface area contributed by atoms with Crippen molar-refractivity contribution in [1.82, 2.24) is 20.2 Å². The molecule has 0 saturated heterocycles. The molecule has 11 nitrogen and oxygen atoms in total. The van der Waals surface area contributed by atoms with Crippen molar-refractivity contribution in [1.29, 1.82) is 0 Å². The van der Waals surface area contributed by atoms with Crippen LogP contribution in [0.3, 0.4) is 0 Å². The minimum absolute atomic E-state index is 0.132. The third-order valence-corrected chi connectivity index (χ3v) is 4.90. The molecular weight excluding hydrogens is 450 g/mol. The average molecular weight is 466 g/mol. The summed E-state index contributed by atoms with van der Waals surface area (Å²) in [7, 11) is 0. The fourth-order valence-electron chi connectivity index (χ4n) is 3.00. The van der Waals surface area contributed by atoms with Crippen LogP contribution in [0.1, 0.15) is 16.1 Å². The van der Waals surface area contributed by atoms with Gasteiger partial charge in [0.25, 0.3) is 11.5 Å². The van der Waals surface area contributed by atoms with Gasteiger partial charge in [-0.1, -0.05) is 28.8 Å². The Balaban J connectivity index is 1.61. The number of aromatic nitrogens is 4. The fraction of sp³-hybridized carbons (Fsp3) is 0.0476. The van der Waals surface area contributed by atoms with E-state index in [-0.39, 0.29) is 17.2 Å². The number of hydrogen-bond acceptors (Lipinski definition) is 7. The SMILES string of the molecule is Cc1c(-c2cccc(NC(=O)c3cc([N+](=O)[O-])[nH]n3)c2)nc(Nc2ccc(Cl)cc2)[nH]c1=O. The molecule has 2 aromatic carbocycles. The van der Waals surface area contributed by atoms with Crippen LogP contribution in [0.4, 0.5) is 23.1 Å². The van der Waals surface area contributed by atoms with Crippen molar-refractivity contribution in [2.75, 3.05) is 10.6 Å². The van der Waals surface area contributed by atoms with E-state index in [1.807, 2.05) is 0 Å². The Hall–Kier alpha value is -4.51. The first-order valence-electron chi connectivity index (χ1n) is 9.55. The highest BCUT2D eigenvalue weighted by Gasteiger charge is 2.17. The van der Waals surface area contributed by atoms with Gasteiger partial charge in [0.2, 0.25) is 5.95 Å². The Morgan fingerprint density at radius 2 is 1.88 bits per heavy atom. The molecule has 0 aliphatic carbocycles. The van der Waals surface area contributed by atoms with Gasteiger partial charge in [-0.2, -0.15) is 0 Å². The van der Waals surface area contributed by atoms with Crippen molar-refractivity contribution < 1.29 is 9.72 Å². The van der Waals surface area contributed by atoms with Crippen molar-refractivity contribution in [2.24, 2.45) is 0 Å². The van der Waals surface area contributed by atoms with E-state index < -0.39 is 16.6 Å². The van der Waals surface area contributed by atoms with E-state index in [0.29, 0.717) is 33.2 Å². The van der Waals surface area contributed by atoms with Crippen LogP contribution in [0.25, 0.3) is 11.3 Å². The first-order valence-corrected chi connectivity index (χ1v) is 9.93. The van der Waals surface area contributed by atoms with Crippen molar-refractivity contribution in [3.63, 3.8) is 0 Å². The van der Waals surface area contributed by atoms with E-state index in [1.54, 1.807) is 55.5 Å². The maximum atomic E-state index is 12.5. The van der Waals surface area contributed by atoms with Crippen LogP contribution >= 0.6 is 11.6 Å². The lowest BCUT2D eigenvalue weighted by atomic mass is 10.1. The second-order valence-electron chi connectivity index (χ2n) is 6.95. The molecule has 1 amide bonds. The lowest BCUT2D eigenvalue weighted by molar-refractivity contribution is -0.389. The Kier molecular flexibility index (Phi) is 5.87. The molecule has 4 rings (SSSR count). The predicted molar refractivity (Wildman–Crippen MR) is 123 cm³/mol. The molecule has 0 atom stereocenters. The van der Waals surface area contributed by atoms with Crippen molar-refractivity contribution in [3.8, 4) is 11.3 Å². The smallest absolute Gasteiger partial charge is 0.343 e. The topological polar surface area (TPSA) is 159 Å². The first-order chi connectivity index (χ1) is 15.8. The van der Waals surface area contributed by atoms with Crippen molar-refractivity contribution in [3.05, 3.63) is 91.3 Å². The monoisotopic (exact) mass is 465 g/mol. The average Bonchev–Trinajstić information content (AvgIpc) is 3.29. The third-order valence-electron chi connectivity index (χ3n) is 4.65. The number of hydrogen-bond donors (Lipinski definition) is 4.